The van der Waals surface area contributed by atoms with E-state index in [2.05, 4.69) is 6.92 Å². The molecule has 7 nitrogen and oxygen atoms in total. The first kappa shape index (κ1) is 29.0. The number of phenolic OH excluding ortho intramolecular Hbond substituents is 1. The second-order valence-corrected chi connectivity index (χ2v) is 10.00. The molecule has 0 radical (unpaired) electrons. The summed E-state index contributed by atoms with van der Waals surface area (Å²) in [6.45, 7) is 6.84. The molecule has 0 fully saturated rings. The SMILES string of the molecule is CCCCN(C)C(=O)CCCCCCCN(C(C)=O)c1c(C)n(C(=O)c2ccccc2)c2ccc(O)cc12. The maximum atomic E-state index is 13.4. The van der Waals surface area contributed by atoms with Crippen molar-refractivity contribution in [2.75, 3.05) is 25.0 Å². The van der Waals surface area contributed by atoms with Crippen LogP contribution < -0.4 is 4.90 Å². The largest absolute Gasteiger partial charge is 0.508 e. The van der Waals surface area contributed by atoms with Crippen molar-refractivity contribution in [3.05, 3.63) is 59.8 Å². The van der Waals surface area contributed by atoms with Gasteiger partial charge in [-0.2, -0.15) is 0 Å². The maximum absolute atomic E-state index is 13.4. The number of rotatable bonds is 13. The molecule has 0 aliphatic rings. The number of aromatic hydroxyl groups is 1. The lowest BCUT2D eigenvalue weighted by Gasteiger charge is -2.22. The Balaban J connectivity index is 1.68. The van der Waals surface area contributed by atoms with Gasteiger partial charge in [0.15, 0.2) is 0 Å². The third-order valence-corrected chi connectivity index (χ3v) is 7.07. The summed E-state index contributed by atoms with van der Waals surface area (Å²) >= 11 is 0. The normalized spacial score (nSPS) is 11.1. The van der Waals surface area contributed by atoms with Crippen molar-refractivity contribution in [1.82, 2.24) is 9.47 Å². The van der Waals surface area contributed by atoms with Gasteiger partial charge in [-0.1, -0.05) is 50.8 Å². The van der Waals surface area contributed by atoms with Crippen LogP contribution >= 0.6 is 0 Å². The Morgan fingerprint density at radius 2 is 1.58 bits per heavy atom. The van der Waals surface area contributed by atoms with E-state index in [4.69, 9.17) is 0 Å². The van der Waals surface area contributed by atoms with Crippen LogP contribution in [-0.2, 0) is 9.59 Å². The molecular formula is C31H41N3O4. The number of carbonyl (C=O) groups is 3. The number of fused-ring (bicyclic) bond motifs is 1. The number of nitrogens with zero attached hydrogens (tertiary/aromatic N) is 3. The summed E-state index contributed by atoms with van der Waals surface area (Å²) in [5.41, 5.74) is 2.54. The summed E-state index contributed by atoms with van der Waals surface area (Å²) in [6, 6.07) is 14.0. The quantitative estimate of drug-likeness (QED) is 0.269. The Kier molecular flexibility index (Phi) is 10.5. The summed E-state index contributed by atoms with van der Waals surface area (Å²) in [5, 5.41) is 10.9. The van der Waals surface area contributed by atoms with Gasteiger partial charge in [-0.05, 0) is 56.5 Å². The lowest BCUT2D eigenvalue weighted by Crippen LogP contribution is -2.30. The molecule has 1 N–H and O–H groups in total. The summed E-state index contributed by atoms with van der Waals surface area (Å²) in [7, 11) is 1.88. The summed E-state index contributed by atoms with van der Waals surface area (Å²) < 4.78 is 1.63. The first-order valence-electron chi connectivity index (χ1n) is 13.7. The van der Waals surface area contributed by atoms with Crippen molar-refractivity contribution in [2.45, 2.75) is 72.1 Å². The van der Waals surface area contributed by atoms with Gasteiger partial charge in [-0.25, -0.2) is 0 Å². The van der Waals surface area contributed by atoms with Crippen LogP contribution in [0.4, 0.5) is 5.69 Å². The third-order valence-electron chi connectivity index (χ3n) is 7.07. The molecule has 0 aliphatic carbocycles. The predicted molar refractivity (Wildman–Crippen MR) is 153 cm³/mol. The zero-order valence-electron chi connectivity index (χ0n) is 23.2. The molecule has 3 aromatic rings. The van der Waals surface area contributed by atoms with Crippen molar-refractivity contribution < 1.29 is 19.5 Å². The zero-order valence-corrected chi connectivity index (χ0v) is 23.2. The van der Waals surface area contributed by atoms with Crippen LogP contribution in [0.15, 0.2) is 48.5 Å². The molecular weight excluding hydrogens is 478 g/mol. The monoisotopic (exact) mass is 519 g/mol. The fourth-order valence-corrected chi connectivity index (χ4v) is 4.92. The van der Waals surface area contributed by atoms with Gasteiger partial charge in [0.2, 0.25) is 11.8 Å². The summed E-state index contributed by atoms with van der Waals surface area (Å²) in [5.74, 6) is 0.00890. The number of carbonyl (C=O) groups excluding carboxylic acids is 3. The van der Waals surface area contributed by atoms with E-state index in [1.54, 1.807) is 39.8 Å². The standard InChI is InChI=1S/C31H41N3O4/c1-5-6-20-32(4)29(37)17-13-8-7-9-14-21-33(24(3)35)30-23(2)34(28-19-18-26(36)22-27(28)30)31(38)25-15-11-10-12-16-25/h10-12,15-16,18-19,22,36H,5-9,13-14,17,20-21H2,1-4H3. The molecule has 0 atom stereocenters. The molecule has 38 heavy (non-hydrogen) atoms. The van der Waals surface area contributed by atoms with Crippen LogP contribution in [0.3, 0.4) is 0 Å². The van der Waals surface area contributed by atoms with E-state index in [0.717, 1.165) is 51.5 Å². The highest BCUT2D eigenvalue weighted by Crippen LogP contribution is 2.36. The molecule has 0 aliphatic heterocycles. The summed E-state index contributed by atoms with van der Waals surface area (Å²) in [4.78, 5) is 42.0. The van der Waals surface area contributed by atoms with Gasteiger partial charge in [0.05, 0.1) is 11.2 Å². The number of anilines is 1. The van der Waals surface area contributed by atoms with E-state index in [1.807, 2.05) is 37.1 Å². The highest BCUT2D eigenvalue weighted by atomic mass is 16.3. The first-order valence-corrected chi connectivity index (χ1v) is 13.7. The third kappa shape index (κ3) is 7.03. The number of hydrogen-bond donors (Lipinski definition) is 1. The number of benzene rings is 2. The smallest absolute Gasteiger partial charge is 0.262 e. The molecule has 204 valence electrons. The van der Waals surface area contributed by atoms with Gasteiger partial charge in [0.25, 0.3) is 5.91 Å². The minimum atomic E-state index is -0.177. The number of aromatic nitrogens is 1. The van der Waals surface area contributed by atoms with E-state index in [-0.39, 0.29) is 23.5 Å². The van der Waals surface area contributed by atoms with Crippen LogP contribution in [-0.4, -0.2) is 52.4 Å². The molecule has 0 saturated carbocycles. The van der Waals surface area contributed by atoms with E-state index in [0.29, 0.717) is 40.8 Å². The van der Waals surface area contributed by atoms with Crippen molar-refractivity contribution in [3.63, 3.8) is 0 Å². The highest BCUT2D eigenvalue weighted by molar-refractivity contribution is 6.11. The molecule has 3 rings (SSSR count). The maximum Gasteiger partial charge on any atom is 0.262 e. The van der Waals surface area contributed by atoms with Gasteiger partial charge in [-0.3, -0.25) is 19.0 Å². The second kappa shape index (κ2) is 13.8. The summed E-state index contributed by atoms with van der Waals surface area (Å²) in [6.07, 6.45) is 7.29. The van der Waals surface area contributed by atoms with Gasteiger partial charge >= 0.3 is 0 Å². The Morgan fingerprint density at radius 3 is 2.26 bits per heavy atom. The Bertz CT molecular complexity index is 1250. The molecule has 1 heterocycles. The van der Waals surface area contributed by atoms with Crippen molar-refractivity contribution in [2.24, 2.45) is 0 Å². The van der Waals surface area contributed by atoms with Crippen LogP contribution in [0.25, 0.3) is 10.9 Å². The Labute approximate surface area is 226 Å². The van der Waals surface area contributed by atoms with E-state index < -0.39 is 0 Å². The minimum absolute atomic E-state index is 0.0847. The number of amides is 2. The van der Waals surface area contributed by atoms with Crippen LogP contribution in [0, 0.1) is 6.92 Å². The van der Waals surface area contributed by atoms with Crippen molar-refractivity contribution in [1.29, 1.82) is 0 Å². The van der Waals surface area contributed by atoms with Crippen LogP contribution in [0.2, 0.25) is 0 Å². The number of phenols is 1. The molecule has 2 amide bonds. The van der Waals surface area contributed by atoms with E-state index in [9.17, 15) is 19.5 Å². The van der Waals surface area contributed by atoms with E-state index >= 15 is 0 Å². The average molecular weight is 520 g/mol. The molecule has 1 aromatic heterocycles. The molecule has 0 spiro atoms. The van der Waals surface area contributed by atoms with Crippen molar-refractivity contribution in [3.8, 4) is 5.75 Å². The zero-order chi connectivity index (χ0) is 27.7. The molecule has 0 saturated heterocycles. The Hall–Kier alpha value is -3.61. The van der Waals surface area contributed by atoms with Gasteiger partial charge in [0, 0.05) is 50.1 Å². The van der Waals surface area contributed by atoms with Gasteiger partial charge < -0.3 is 14.9 Å². The topological polar surface area (TPSA) is 82.9 Å². The predicted octanol–water partition coefficient (Wildman–Crippen LogP) is 6.30. The highest BCUT2D eigenvalue weighted by Gasteiger charge is 2.25. The second-order valence-electron chi connectivity index (χ2n) is 10.00. The fraction of sp³-hybridized carbons (Fsp3) is 0.452. The molecule has 0 unspecified atom stereocenters. The van der Waals surface area contributed by atoms with Crippen LogP contribution in [0.5, 0.6) is 5.75 Å². The fourth-order valence-electron chi connectivity index (χ4n) is 4.92. The lowest BCUT2D eigenvalue weighted by molar-refractivity contribution is -0.130. The number of unbranched alkanes of at least 4 members (excludes halogenated alkanes) is 5. The Morgan fingerprint density at radius 1 is 0.895 bits per heavy atom. The first-order chi connectivity index (χ1) is 18.3. The van der Waals surface area contributed by atoms with Crippen molar-refractivity contribution >= 4 is 34.3 Å². The molecule has 0 bridgehead atoms. The lowest BCUT2D eigenvalue weighted by atomic mass is 10.1. The average Bonchev–Trinajstić information content (AvgIpc) is 3.19. The van der Waals surface area contributed by atoms with Gasteiger partial charge in [-0.15, -0.1) is 0 Å². The minimum Gasteiger partial charge on any atom is -0.508 e. The molecule has 2 aromatic carbocycles. The molecule has 7 heteroatoms. The van der Waals surface area contributed by atoms with Gasteiger partial charge in [0.1, 0.15) is 5.75 Å². The van der Waals surface area contributed by atoms with Crippen LogP contribution in [0.1, 0.15) is 81.3 Å². The van der Waals surface area contributed by atoms with E-state index in [1.165, 1.54) is 6.92 Å². The number of hydrogen-bond acceptors (Lipinski definition) is 4.